The van der Waals surface area contributed by atoms with Crippen LogP contribution < -0.4 is 11.1 Å². The van der Waals surface area contributed by atoms with Gasteiger partial charge < -0.3 is 11.1 Å². The van der Waals surface area contributed by atoms with Crippen LogP contribution in [0.1, 0.15) is 19.0 Å². The van der Waals surface area contributed by atoms with Gasteiger partial charge in [0.2, 0.25) is 0 Å². The van der Waals surface area contributed by atoms with Crippen LogP contribution in [-0.2, 0) is 6.42 Å². The first kappa shape index (κ1) is 11.4. The summed E-state index contributed by atoms with van der Waals surface area (Å²) in [4.78, 5) is 8.40. The van der Waals surface area contributed by atoms with Crippen LogP contribution in [0.15, 0.2) is 36.7 Å². The van der Waals surface area contributed by atoms with Crippen LogP contribution >= 0.6 is 0 Å². The summed E-state index contributed by atoms with van der Waals surface area (Å²) in [5.74, 6) is 0.800. The zero-order chi connectivity index (χ0) is 12.1. The van der Waals surface area contributed by atoms with E-state index in [0.29, 0.717) is 0 Å². The smallest absolute Gasteiger partial charge is 0.133 e. The third-order valence-electron chi connectivity index (χ3n) is 2.39. The average Bonchev–Trinajstić information content (AvgIpc) is 2.30. The van der Waals surface area contributed by atoms with Crippen molar-refractivity contribution in [3.8, 4) is 0 Å². The quantitative estimate of drug-likeness (QED) is 0.790. The van der Waals surface area contributed by atoms with Crippen LogP contribution in [0.25, 0.3) is 0 Å². The fraction of sp³-hybridized carbons (Fsp3) is 0.231. The summed E-state index contributed by atoms with van der Waals surface area (Å²) in [5.41, 5.74) is 8.44. The summed E-state index contributed by atoms with van der Waals surface area (Å²) in [6, 6.07) is 9.56. The fourth-order valence-corrected chi connectivity index (χ4v) is 1.62. The van der Waals surface area contributed by atoms with E-state index >= 15 is 0 Å². The number of nitrogens with two attached hydrogens (primary N) is 1. The Morgan fingerprint density at radius 3 is 2.88 bits per heavy atom. The number of aromatic nitrogens is 2. The van der Waals surface area contributed by atoms with E-state index in [9.17, 15) is 0 Å². The molecule has 0 fully saturated rings. The molecule has 0 unspecified atom stereocenters. The van der Waals surface area contributed by atoms with Gasteiger partial charge in [0.25, 0.3) is 0 Å². The molecule has 2 aromatic rings. The lowest BCUT2D eigenvalue weighted by Gasteiger charge is -2.07. The van der Waals surface area contributed by atoms with Crippen LogP contribution in [0.4, 0.5) is 17.2 Å². The highest BCUT2D eigenvalue weighted by Crippen LogP contribution is 2.17. The number of nitrogens with zero attached hydrogens (tertiary/aromatic N) is 2. The van der Waals surface area contributed by atoms with Crippen molar-refractivity contribution in [3.63, 3.8) is 0 Å². The van der Waals surface area contributed by atoms with E-state index in [-0.39, 0.29) is 0 Å². The third-order valence-corrected chi connectivity index (χ3v) is 2.39. The molecule has 0 amide bonds. The summed E-state index contributed by atoms with van der Waals surface area (Å²) in [5, 5.41) is 3.21. The van der Waals surface area contributed by atoms with E-state index < -0.39 is 0 Å². The lowest BCUT2D eigenvalue weighted by atomic mass is 10.2. The number of rotatable bonds is 4. The third kappa shape index (κ3) is 3.17. The van der Waals surface area contributed by atoms with Crippen molar-refractivity contribution in [1.29, 1.82) is 0 Å². The molecule has 17 heavy (non-hydrogen) atoms. The zero-order valence-electron chi connectivity index (χ0n) is 9.85. The molecule has 1 aromatic heterocycles. The molecule has 3 N–H and O–H groups in total. The van der Waals surface area contributed by atoms with E-state index in [1.807, 2.05) is 30.3 Å². The molecule has 0 bridgehead atoms. The van der Waals surface area contributed by atoms with Crippen LogP contribution in [0.2, 0.25) is 0 Å². The monoisotopic (exact) mass is 228 g/mol. The van der Waals surface area contributed by atoms with Crippen molar-refractivity contribution < 1.29 is 0 Å². The van der Waals surface area contributed by atoms with Crippen molar-refractivity contribution in [3.05, 3.63) is 42.4 Å². The zero-order valence-corrected chi connectivity index (χ0v) is 9.85. The molecule has 1 heterocycles. The molecule has 1 aromatic carbocycles. The highest BCUT2D eigenvalue weighted by atomic mass is 15.0. The minimum absolute atomic E-state index is 0.734. The predicted octanol–water partition coefficient (Wildman–Crippen LogP) is 2.75. The number of nitrogen functional groups attached to an aromatic ring is 1. The second kappa shape index (κ2) is 5.30. The van der Waals surface area contributed by atoms with Crippen LogP contribution in [-0.4, -0.2) is 9.97 Å². The summed E-state index contributed by atoms with van der Waals surface area (Å²) in [6.45, 7) is 2.13. The molecule has 0 saturated heterocycles. The molecule has 4 nitrogen and oxygen atoms in total. The Morgan fingerprint density at radius 1 is 1.24 bits per heavy atom. The van der Waals surface area contributed by atoms with Gasteiger partial charge in [-0.05, 0) is 24.6 Å². The molecule has 4 heteroatoms. The molecule has 0 radical (unpaired) electrons. The van der Waals surface area contributed by atoms with Gasteiger partial charge in [0.05, 0.1) is 0 Å². The first-order valence-electron chi connectivity index (χ1n) is 5.71. The lowest BCUT2D eigenvalue weighted by molar-refractivity contribution is 0.873. The van der Waals surface area contributed by atoms with Gasteiger partial charge in [-0.15, -0.1) is 0 Å². The van der Waals surface area contributed by atoms with E-state index in [1.54, 1.807) is 6.33 Å². The van der Waals surface area contributed by atoms with Crippen molar-refractivity contribution in [2.24, 2.45) is 0 Å². The fourth-order valence-electron chi connectivity index (χ4n) is 1.62. The van der Waals surface area contributed by atoms with Crippen molar-refractivity contribution in [2.45, 2.75) is 19.8 Å². The predicted molar refractivity (Wildman–Crippen MR) is 70.2 cm³/mol. The number of benzene rings is 1. The Bertz CT molecular complexity index is 496. The molecule has 0 aliphatic carbocycles. The SMILES string of the molecule is CCCc1cc(Nc2cccc(N)c2)ncn1. The summed E-state index contributed by atoms with van der Waals surface area (Å²) < 4.78 is 0. The van der Waals surface area contributed by atoms with Gasteiger partial charge in [0, 0.05) is 23.1 Å². The highest BCUT2D eigenvalue weighted by Gasteiger charge is 1.99. The van der Waals surface area contributed by atoms with Gasteiger partial charge in [-0.25, -0.2) is 9.97 Å². The van der Waals surface area contributed by atoms with Gasteiger partial charge in [0.1, 0.15) is 12.1 Å². The minimum Gasteiger partial charge on any atom is -0.399 e. The largest absolute Gasteiger partial charge is 0.399 e. The Kier molecular flexibility index (Phi) is 3.55. The summed E-state index contributed by atoms with van der Waals surface area (Å²) in [6.07, 6.45) is 3.63. The molecule has 0 aliphatic heterocycles. The second-order valence-corrected chi connectivity index (χ2v) is 3.90. The van der Waals surface area contributed by atoms with Crippen molar-refractivity contribution in [1.82, 2.24) is 9.97 Å². The van der Waals surface area contributed by atoms with Gasteiger partial charge in [-0.1, -0.05) is 19.4 Å². The first-order chi connectivity index (χ1) is 8.28. The van der Waals surface area contributed by atoms with E-state index in [4.69, 9.17) is 5.73 Å². The van der Waals surface area contributed by atoms with Crippen LogP contribution in [0.3, 0.4) is 0 Å². The number of hydrogen-bond acceptors (Lipinski definition) is 4. The molecule has 0 spiro atoms. The molecule has 0 aliphatic rings. The van der Waals surface area contributed by atoms with Gasteiger partial charge >= 0.3 is 0 Å². The summed E-state index contributed by atoms with van der Waals surface area (Å²) in [7, 11) is 0. The Balaban J connectivity index is 2.15. The molecular weight excluding hydrogens is 212 g/mol. The van der Waals surface area contributed by atoms with Gasteiger partial charge in [-0.3, -0.25) is 0 Å². The molecular formula is C13H16N4. The van der Waals surface area contributed by atoms with E-state index in [0.717, 1.165) is 35.7 Å². The van der Waals surface area contributed by atoms with E-state index in [2.05, 4.69) is 22.2 Å². The normalized spacial score (nSPS) is 10.2. The van der Waals surface area contributed by atoms with Crippen molar-refractivity contribution in [2.75, 3.05) is 11.1 Å². The first-order valence-corrected chi connectivity index (χ1v) is 5.71. The minimum atomic E-state index is 0.734. The molecule has 0 atom stereocenters. The Labute approximate surface area is 101 Å². The number of nitrogens with one attached hydrogen (secondary N) is 1. The maximum absolute atomic E-state index is 5.72. The van der Waals surface area contributed by atoms with Gasteiger partial charge in [-0.2, -0.15) is 0 Å². The van der Waals surface area contributed by atoms with E-state index in [1.165, 1.54) is 0 Å². The van der Waals surface area contributed by atoms with Gasteiger partial charge in [0.15, 0.2) is 0 Å². The summed E-state index contributed by atoms with van der Waals surface area (Å²) >= 11 is 0. The maximum atomic E-state index is 5.72. The number of anilines is 3. The Hall–Kier alpha value is -2.10. The average molecular weight is 228 g/mol. The van der Waals surface area contributed by atoms with Crippen molar-refractivity contribution >= 4 is 17.2 Å². The second-order valence-electron chi connectivity index (χ2n) is 3.90. The molecule has 88 valence electrons. The topological polar surface area (TPSA) is 63.8 Å². The number of hydrogen-bond donors (Lipinski definition) is 2. The number of aryl methyl sites for hydroxylation is 1. The molecule has 0 saturated carbocycles. The Morgan fingerprint density at radius 2 is 2.12 bits per heavy atom. The van der Waals surface area contributed by atoms with Crippen LogP contribution in [0, 0.1) is 0 Å². The lowest BCUT2D eigenvalue weighted by Crippen LogP contribution is -1.98. The standard InChI is InChI=1S/C13H16N4/c1-2-4-11-8-13(16-9-15-11)17-12-6-3-5-10(14)7-12/h3,5-9H,2,4,14H2,1H3,(H,15,16,17). The van der Waals surface area contributed by atoms with Crippen LogP contribution in [0.5, 0.6) is 0 Å². The maximum Gasteiger partial charge on any atom is 0.133 e. The highest BCUT2D eigenvalue weighted by molar-refractivity contribution is 5.61. The molecule has 2 rings (SSSR count).